The molecule has 0 spiro atoms. The zero-order chi connectivity index (χ0) is 26.7. The normalized spacial score (nSPS) is 20.1. The van der Waals surface area contributed by atoms with Crippen LogP contribution in [0.25, 0.3) is 16.0 Å². The Bertz CT molecular complexity index is 1710. The van der Waals surface area contributed by atoms with Gasteiger partial charge in [0, 0.05) is 29.1 Å². The van der Waals surface area contributed by atoms with Crippen LogP contribution in [-0.2, 0) is 16.0 Å². The zero-order valence-electron chi connectivity index (χ0n) is 19.8. The molecule has 9 nitrogen and oxygen atoms in total. The molecule has 0 unspecified atom stereocenters. The van der Waals surface area contributed by atoms with Crippen molar-refractivity contribution in [3.8, 4) is 5.75 Å². The van der Waals surface area contributed by atoms with E-state index in [2.05, 4.69) is 4.98 Å². The molecule has 6 rings (SSSR count). The van der Waals surface area contributed by atoms with E-state index in [0.717, 1.165) is 16.9 Å². The van der Waals surface area contributed by atoms with Crippen LogP contribution in [0.3, 0.4) is 0 Å². The van der Waals surface area contributed by atoms with Crippen molar-refractivity contribution in [3.05, 3.63) is 98.1 Å². The molecule has 1 aromatic heterocycles. The third kappa shape index (κ3) is 3.89. The minimum absolute atomic E-state index is 0.0228. The van der Waals surface area contributed by atoms with Crippen molar-refractivity contribution >= 4 is 61.4 Å². The molecule has 11 heteroatoms. The first-order valence-electron chi connectivity index (χ1n) is 11.6. The number of nitro benzene ring substituents is 1. The van der Waals surface area contributed by atoms with Crippen molar-refractivity contribution in [1.29, 1.82) is 0 Å². The van der Waals surface area contributed by atoms with Crippen molar-refractivity contribution in [3.63, 3.8) is 0 Å². The lowest BCUT2D eigenvalue weighted by molar-refractivity contribution is -0.384. The van der Waals surface area contributed by atoms with E-state index in [1.54, 1.807) is 42.5 Å². The number of fused-ring (bicyclic) bond motifs is 2. The van der Waals surface area contributed by atoms with E-state index in [-0.39, 0.29) is 33.8 Å². The van der Waals surface area contributed by atoms with E-state index in [1.807, 2.05) is 6.92 Å². The largest absolute Gasteiger partial charge is 0.507 e. The number of non-ortho nitro benzene ring substituents is 1. The standard InChI is InChI=1S/C27H18ClN3O6S/c1-13-9-16-10-15(5-8-20(16)37-13)24(32)22-23(14-3-2-4-18(11-14)31(35)36)30(26(34)25(22)33)27-29-19-7-6-17(28)12-21(19)38-27/h2-8,10-13,23,32H,9H2,1H3/b24-22+/t13-,23+/m0/s1. The van der Waals surface area contributed by atoms with Crippen LogP contribution in [0.2, 0.25) is 5.02 Å². The third-order valence-electron chi connectivity index (χ3n) is 6.56. The van der Waals surface area contributed by atoms with Gasteiger partial charge in [-0.2, -0.15) is 0 Å². The fourth-order valence-electron chi connectivity index (χ4n) is 4.87. The van der Waals surface area contributed by atoms with Gasteiger partial charge in [0.05, 0.1) is 26.8 Å². The van der Waals surface area contributed by atoms with Crippen LogP contribution in [0.1, 0.15) is 29.7 Å². The van der Waals surface area contributed by atoms with Crippen LogP contribution in [0.15, 0.2) is 66.2 Å². The fourth-order valence-corrected chi connectivity index (χ4v) is 6.14. The number of rotatable bonds is 4. The first kappa shape index (κ1) is 24.1. The van der Waals surface area contributed by atoms with Crippen molar-refractivity contribution in [2.45, 2.75) is 25.5 Å². The van der Waals surface area contributed by atoms with Crippen molar-refractivity contribution in [2.75, 3.05) is 4.90 Å². The highest BCUT2D eigenvalue weighted by atomic mass is 35.5. The number of carbonyl (C=O) groups excluding carboxylic acids is 2. The molecule has 4 aromatic rings. The Hall–Kier alpha value is -4.28. The highest BCUT2D eigenvalue weighted by Crippen LogP contribution is 2.45. The first-order valence-corrected chi connectivity index (χ1v) is 12.8. The second kappa shape index (κ2) is 8.93. The second-order valence-corrected chi connectivity index (χ2v) is 10.5. The number of ketones is 1. The van der Waals surface area contributed by atoms with Gasteiger partial charge in [0.15, 0.2) is 5.13 Å². The van der Waals surface area contributed by atoms with Gasteiger partial charge >= 0.3 is 5.91 Å². The summed E-state index contributed by atoms with van der Waals surface area (Å²) in [6, 6.07) is 14.6. The number of carbonyl (C=O) groups is 2. The number of hydrogen-bond donors (Lipinski definition) is 1. The third-order valence-corrected chi connectivity index (χ3v) is 7.81. The number of hydrogen-bond acceptors (Lipinski definition) is 8. The van der Waals surface area contributed by atoms with E-state index in [1.165, 1.54) is 23.1 Å². The van der Waals surface area contributed by atoms with Gasteiger partial charge in [-0.15, -0.1) is 0 Å². The van der Waals surface area contributed by atoms with Crippen molar-refractivity contribution in [2.24, 2.45) is 0 Å². The van der Waals surface area contributed by atoms with Gasteiger partial charge in [-0.1, -0.05) is 35.1 Å². The molecule has 1 amide bonds. The van der Waals surface area contributed by atoms with Gasteiger partial charge in [-0.05, 0) is 54.4 Å². The Kier molecular flexibility index (Phi) is 5.66. The molecule has 1 fully saturated rings. The fraction of sp³-hybridized carbons (Fsp3) is 0.148. The molecule has 1 saturated heterocycles. The van der Waals surface area contributed by atoms with Crippen LogP contribution in [0, 0.1) is 10.1 Å². The Balaban J connectivity index is 1.56. The maximum Gasteiger partial charge on any atom is 0.301 e. The van der Waals surface area contributed by atoms with Gasteiger partial charge in [0.1, 0.15) is 17.6 Å². The van der Waals surface area contributed by atoms with E-state index >= 15 is 0 Å². The molecule has 3 aromatic carbocycles. The zero-order valence-corrected chi connectivity index (χ0v) is 21.3. The number of ether oxygens (including phenoxy) is 1. The van der Waals surface area contributed by atoms with Crippen LogP contribution < -0.4 is 9.64 Å². The first-order chi connectivity index (χ1) is 18.2. The summed E-state index contributed by atoms with van der Waals surface area (Å²) in [4.78, 5) is 43.6. The maximum atomic E-state index is 13.4. The molecule has 0 saturated carbocycles. The van der Waals surface area contributed by atoms with Gasteiger partial charge in [-0.3, -0.25) is 24.6 Å². The summed E-state index contributed by atoms with van der Waals surface area (Å²) in [5, 5.41) is 23.6. The van der Waals surface area contributed by atoms with Crippen molar-refractivity contribution in [1.82, 2.24) is 4.98 Å². The molecule has 0 radical (unpaired) electrons. The van der Waals surface area contributed by atoms with E-state index < -0.39 is 22.7 Å². The van der Waals surface area contributed by atoms with Gasteiger partial charge in [0.2, 0.25) is 0 Å². The van der Waals surface area contributed by atoms with Gasteiger partial charge < -0.3 is 9.84 Å². The molecule has 190 valence electrons. The summed E-state index contributed by atoms with van der Waals surface area (Å²) < 4.78 is 6.43. The number of amides is 1. The van der Waals surface area contributed by atoms with Gasteiger partial charge in [0.25, 0.3) is 11.5 Å². The van der Waals surface area contributed by atoms with E-state index in [0.29, 0.717) is 33.0 Å². The lowest BCUT2D eigenvalue weighted by Crippen LogP contribution is -2.29. The topological polar surface area (TPSA) is 123 Å². The SMILES string of the molecule is C[C@H]1Cc2cc(/C(O)=C3\C(=O)C(=O)N(c4nc5ccc(Cl)cc5s4)[C@@H]3c3cccc([N+](=O)[O-])c3)ccc2O1. The highest BCUT2D eigenvalue weighted by molar-refractivity contribution is 7.22. The van der Waals surface area contributed by atoms with Crippen molar-refractivity contribution < 1.29 is 24.4 Å². The summed E-state index contributed by atoms with van der Waals surface area (Å²) in [5.74, 6) is -1.50. The highest BCUT2D eigenvalue weighted by Gasteiger charge is 2.48. The van der Waals surface area contributed by atoms with Crippen LogP contribution >= 0.6 is 22.9 Å². The Morgan fingerprint density at radius 3 is 2.79 bits per heavy atom. The lowest BCUT2D eigenvalue weighted by atomic mass is 9.94. The number of nitro groups is 1. The second-order valence-electron chi connectivity index (χ2n) is 9.08. The molecule has 0 bridgehead atoms. The smallest absolute Gasteiger partial charge is 0.301 e. The Morgan fingerprint density at radius 2 is 2.00 bits per heavy atom. The number of thiazole rings is 1. The lowest BCUT2D eigenvalue weighted by Gasteiger charge is -2.22. The number of nitrogens with zero attached hydrogens (tertiary/aromatic N) is 3. The average Bonchev–Trinajstić information content (AvgIpc) is 3.55. The van der Waals surface area contributed by atoms with Crippen LogP contribution in [-0.4, -0.2) is 32.8 Å². The Labute approximate surface area is 224 Å². The maximum absolute atomic E-state index is 13.4. The summed E-state index contributed by atoms with van der Waals surface area (Å²) >= 11 is 7.28. The molecular weight excluding hydrogens is 530 g/mol. The average molecular weight is 548 g/mol. The molecule has 1 N–H and O–H groups in total. The summed E-state index contributed by atoms with van der Waals surface area (Å²) in [6.07, 6.45) is 0.610. The number of halogens is 1. The summed E-state index contributed by atoms with van der Waals surface area (Å²) in [6.45, 7) is 1.93. The number of aromatic nitrogens is 1. The number of benzene rings is 3. The van der Waals surface area contributed by atoms with Crippen LogP contribution in [0.5, 0.6) is 5.75 Å². The molecule has 0 aliphatic carbocycles. The minimum atomic E-state index is -1.14. The Morgan fingerprint density at radius 1 is 1.18 bits per heavy atom. The van der Waals surface area contributed by atoms with Gasteiger partial charge in [-0.25, -0.2) is 4.98 Å². The minimum Gasteiger partial charge on any atom is -0.507 e. The molecule has 2 aliphatic rings. The summed E-state index contributed by atoms with van der Waals surface area (Å²) in [7, 11) is 0. The molecule has 2 aliphatic heterocycles. The van der Waals surface area contributed by atoms with E-state index in [9.17, 15) is 24.8 Å². The van der Waals surface area contributed by atoms with E-state index in [4.69, 9.17) is 16.3 Å². The van der Waals surface area contributed by atoms with Crippen LogP contribution in [0.4, 0.5) is 10.8 Å². The quantitative estimate of drug-likeness (QED) is 0.112. The monoisotopic (exact) mass is 547 g/mol. The number of aliphatic hydroxyl groups excluding tert-OH is 1. The number of aliphatic hydroxyl groups is 1. The number of anilines is 1. The predicted molar refractivity (Wildman–Crippen MR) is 143 cm³/mol. The number of Topliss-reactive ketones (excluding diaryl/α,β-unsaturated/α-hetero) is 1. The summed E-state index contributed by atoms with van der Waals surface area (Å²) in [5.41, 5.74) is 1.67. The molecular formula is C27H18ClN3O6S. The molecule has 2 atom stereocenters. The molecule has 3 heterocycles. The predicted octanol–water partition coefficient (Wildman–Crippen LogP) is 5.81. The molecule has 38 heavy (non-hydrogen) atoms.